The second-order valence-electron chi connectivity index (χ2n) is 6.81. The minimum atomic E-state index is -1.05. The Bertz CT molecular complexity index is 1050. The zero-order chi connectivity index (χ0) is 18.3. The topological polar surface area (TPSA) is 59.3 Å². The summed E-state index contributed by atoms with van der Waals surface area (Å²) in [6, 6.07) is 15.0. The van der Waals surface area contributed by atoms with Crippen molar-refractivity contribution in [2.45, 2.75) is 31.7 Å². The molecule has 3 aromatic rings. The molecule has 1 heterocycles. The van der Waals surface area contributed by atoms with Gasteiger partial charge in [-0.15, -0.1) is 9.24 Å². The number of nitrogens with zero attached hydrogens (tertiary/aromatic N) is 1. The molecule has 4 nitrogen and oxygen atoms in total. The van der Waals surface area contributed by atoms with Gasteiger partial charge >= 0.3 is 5.97 Å². The molecular formula is C21H20NO3P. The molecule has 2 aromatic carbocycles. The van der Waals surface area contributed by atoms with Crippen LogP contribution in [-0.4, -0.2) is 15.6 Å². The third-order valence-electron chi connectivity index (χ3n) is 5.19. The number of hydrogen-bond acceptors (Lipinski definition) is 2. The van der Waals surface area contributed by atoms with Crippen molar-refractivity contribution in [3.8, 4) is 11.1 Å². The Morgan fingerprint density at radius 1 is 1.04 bits per heavy atom. The lowest BCUT2D eigenvalue weighted by Crippen LogP contribution is -2.30. The average molecular weight is 365 g/mol. The summed E-state index contributed by atoms with van der Waals surface area (Å²) in [5.74, 6) is -1.05. The van der Waals surface area contributed by atoms with Gasteiger partial charge in [0, 0.05) is 17.0 Å². The first-order valence-corrected chi connectivity index (χ1v) is 9.42. The molecule has 1 saturated carbocycles. The predicted molar refractivity (Wildman–Crippen MR) is 107 cm³/mol. The van der Waals surface area contributed by atoms with E-state index in [1.165, 1.54) is 0 Å². The minimum absolute atomic E-state index is 0.0452. The van der Waals surface area contributed by atoms with E-state index in [4.69, 9.17) is 0 Å². The number of benzene rings is 2. The van der Waals surface area contributed by atoms with Crippen molar-refractivity contribution in [1.82, 2.24) is 4.57 Å². The molecule has 0 amide bonds. The van der Waals surface area contributed by atoms with Gasteiger partial charge in [0.15, 0.2) is 0 Å². The number of carboxylic acids is 1. The second kappa shape index (κ2) is 6.69. The van der Waals surface area contributed by atoms with Crippen molar-refractivity contribution in [2.75, 3.05) is 0 Å². The van der Waals surface area contributed by atoms with Crippen molar-refractivity contribution in [1.29, 1.82) is 0 Å². The fourth-order valence-electron chi connectivity index (χ4n) is 4.05. The molecule has 1 fully saturated rings. The van der Waals surface area contributed by atoms with Crippen LogP contribution in [0.3, 0.4) is 0 Å². The van der Waals surface area contributed by atoms with Gasteiger partial charge in [-0.25, -0.2) is 4.79 Å². The Kier molecular flexibility index (Phi) is 4.37. The quantitative estimate of drug-likeness (QED) is 0.714. The van der Waals surface area contributed by atoms with Crippen molar-refractivity contribution >= 4 is 31.3 Å². The van der Waals surface area contributed by atoms with E-state index >= 15 is 0 Å². The summed E-state index contributed by atoms with van der Waals surface area (Å²) in [5.41, 5.74) is 1.35. The van der Waals surface area contributed by atoms with Crippen LogP contribution in [0.2, 0.25) is 0 Å². The van der Waals surface area contributed by atoms with Crippen LogP contribution >= 0.6 is 9.24 Å². The lowest BCUT2D eigenvalue weighted by Gasteiger charge is -2.22. The summed E-state index contributed by atoms with van der Waals surface area (Å²) in [4.78, 5) is 25.5. The maximum absolute atomic E-state index is 13.2. The van der Waals surface area contributed by atoms with Gasteiger partial charge in [0.25, 0.3) is 5.56 Å². The van der Waals surface area contributed by atoms with Crippen LogP contribution in [0.5, 0.6) is 0 Å². The van der Waals surface area contributed by atoms with Crippen molar-refractivity contribution in [3.05, 3.63) is 64.6 Å². The van der Waals surface area contributed by atoms with E-state index in [1.54, 1.807) is 4.57 Å². The Morgan fingerprint density at radius 2 is 1.73 bits per heavy atom. The monoisotopic (exact) mass is 365 g/mol. The fourth-order valence-corrected chi connectivity index (χ4v) is 4.32. The summed E-state index contributed by atoms with van der Waals surface area (Å²) >= 11 is 0. The summed E-state index contributed by atoms with van der Waals surface area (Å²) < 4.78 is 1.54. The average Bonchev–Trinajstić information content (AvgIpc) is 3.16. The number of carboxylic acid groups (broad SMARTS) is 1. The van der Waals surface area contributed by atoms with E-state index < -0.39 is 5.97 Å². The fraction of sp³-hybridized carbons (Fsp3) is 0.238. The Balaban J connectivity index is 2.19. The number of rotatable bonds is 3. The third-order valence-corrected chi connectivity index (χ3v) is 5.55. The molecule has 0 spiro atoms. The largest absolute Gasteiger partial charge is 0.477 e. The highest BCUT2D eigenvalue weighted by Gasteiger charge is 2.28. The molecule has 1 aliphatic carbocycles. The van der Waals surface area contributed by atoms with Crippen LogP contribution in [0, 0.1) is 0 Å². The highest BCUT2D eigenvalue weighted by molar-refractivity contribution is 7.27. The number of aromatic carboxylic acids is 1. The van der Waals surface area contributed by atoms with Crippen LogP contribution in [0.4, 0.5) is 0 Å². The van der Waals surface area contributed by atoms with Gasteiger partial charge in [0.1, 0.15) is 5.69 Å². The lowest BCUT2D eigenvalue weighted by molar-refractivity contribution is 0.0682. The van der Waals surface area contributed by atoms with Crippen LogP contribution in [0.1, 0.15) is 42.2 Å². The summed E-state index contributed by atoms with van der Waals surface area (Å²) in [6.45, 7) is 0. The Morgan fingerprint density at radius 3 is 2.38 bits per heavy atom. The first-order valence-electron chi connectivity index (χ1n) is 8.84. The van der Waals surface area contributed by atoms with E-state index in [-0.39, 0.29) is 17.3 Å². The highest BCUT2D eigenvalue weighted by atomic mass is 31.0. The summed E-state index contributed by atoms with van der Waals surface area (Å²) in [7, 11) is 2.62. The number of carbonyl (C=O) groups is 1. The molecule has 26 heavy (non-hydrogen) atoms. The Hall–Kier alpha value is -2.45. The highest BCUT2D eigenvalue weighted by Crippen LogP contribution is 2.36. The van der Waals surface area contributed by atoms with E-state index in [0.29, 0.717) is 16.3 Å². The SMILES string of the molecule is O=C(O)c1c(-c2ccccc2)c2cc(P)ccc2c(=O)n1C1CCCC1. The van der Waals surface area contributed by atoms with Crippen LogP contribution in [-0.2, 0) is 0 Å². The Labute approximate surface area is 153 Å². The van der Waals surface area contributed by atoms with Crippen LogP contribution in [0.15, 0.2) is 53.3 Å². The molecule has 0 aliphatic heterocycles. The molecule has 0 bridgehead atoms. The van der Waals surface area contributed by atoms with Crippen molar-refractivity contribution in [3.63, 3.8) is 0 Å². The lowest BCUT2D eigenvalue weighted by atomic mass is 9.96. The van der Waals surface area contributed by atoms with Crippen LogP contribution < -0.4 is 10.9 Å². The molecule has 1 atom stereocenters. The smallest absolute Gasteiger partial charge is 0.353 e. The van der Waals surface area contributed by atoms with Gasteiger partial charge < -0.3 is 5.11 Å². The molecule has 0 radical (unpaired) electrons. The van der Waals surface area contributed by atoms with Crippen LogP contribution in [0.25, 0.3) is 21.9 Å². The number of aromatic nitrogens is 1. The maximum atomic E-state index is 13.2. The number of pyridine rings is 1. The summed E-state index contributed by atoms with van der Waals surface area (Å²) in [5, 5.41) is 12.2. The maximum Gasteiger partial charge on any atom is 0.353 e. The normalized spacial score (nSPS) is 14.8. The standard InChI is InChI=1S/C21H20NO3P/c23-20-16-11-10-15(26)12-17(16)18(13-6-2-1-3-7-13)19(21(24)25)22(20)14-8-4-5-9-14/h1-3,6-7,10-12,14H,4-5,8-9,26H2,(H,24,25). The van der Waals surface area contributed by atoms with Gasteiger partial charge in [-0.05, 0) is 41.2 Å². The van der Waals surface area contributed by atoms with Crippen molar-refractivity contribution < 1.29 is 9.90 Å². The molecular weight excluding hydrogens is 345 g/mol. The number of hydrogen-bond donors (Lipinski definition) is 1. The zero-order valence-corrected chi connectivity index (χ0v) is 15.5. The molecule has 132 valence electrons. The second-order valence-corrected chi connectivity index (χ2v) is 7.48. The minimum Gasteiger partial charge on any atom is -0.477 e. The number of fused-ring (bicyclic) bond motifs is 1. The molecule has 0 saturated heterocycles. The van der Waals surface area contributed by atoms with Crippen molar-refractivity contribution in [2.24, 2.45) is 0 Å². The first-order chi connectivity index (χ1) is 12.6. The van der Waals surface area contributed by atoms with E-state index in [9.17, 15) is 14.7 Å². The molecule has 1 aromatic heterocycles. The molecule has 4 rings (SSSR count). The molecule has 1 unspecified atom stereocenters. The predicted octanol–water partition coefficient (Wildman–Crippen LogP) is 3.98. The van der Waals surface area contributed by atoms with E-state index in [1.807, 2.05) is 48.5 Å². The molecule has 1 N–H and O–H groups in total. The van der Waals surface area contributed by atoms with Gasteiger partial charge in [-0.3, -0.25) is 9.36 Å². The first kappa shape index (κ1) is 17.0. The molecule has 5 heteroatoms. The van der Waals surface area contributed by atoms with Gasteiger partial charge in [-0.1, -0.05) is 49.2 Å². The van der Waals surface area contributed by atoms with Gasteiger partial charge in [-0.2, -0.15) is 0 Å². The zero-order valence-electron chi connectivity index (χ0n) is 14.3. The molecule has 1 aliphatic rings. The summed E-state index contributed by atoms with van der Waals surface area (Å²) in [6.07, 6.45) is 3.75. The van der Waals surface area contributed by atoms with Gasteiger partial charge in [0.05, 0.1) is 0 Å². The third kappa shape index (κ3) is 2.75. The van der Waals surface area contributed by atoms with E-state index in [0.717, 1.165) is 36.6 Å². The van der Waals surface area contributed by atoms with Gasteiger partial charge in [0.2, 0.25) is 0 Å². The van der Waals surface area contributed by atoms with E-state index in [2.05, 4.69) is 9.24 Å².